The number of ether oxygens (including phenoxy) is 1. The number of fused-ring (bicyclic) bond motifs is 1. The molecule has 0 bridgehead atoms. The third-order valence-electron chi connectivity index (χ3n) is 6.62. The largest absolute Gasteiger partial charge is 0.469 e. The number of esters is 1. The maximum atomic E-state index is 14.2. The first-order valence-corrected chi connectivity index (χ1v) is 11.9. The molecule has 0 amide bonds. The molecule has 3 aromatic rings. The van der Waals surface area contributed by atoms with Gasteiger partial charge >= 0.3 is 5.97 Å². The molecular formula is C27H27F4N3O3. The standard InChI is InChI=1S/C27H27F4N3O3/c1-37-27(36)21-16-33(10-8-24(21)32-9-2-3-17-13-18(28)4-6-22(17)30)11-12-34-25-15-19(29)14-23(31)20(25)5-7-26(34)35/h2-7,13-15,21,24,32H,8-12,16H2,1H3/b3-2+/t21-,24+/m0/s1. The lowest BCUT2D eigenvalue weighted by atomic mass is 9.92. The molecule has 1 aliphatic rings. The van der Waals surface area contributed by atoms with E-state index in [4.69, 9.17) is 4.74 Å². The molecule has 37 heavy (non-hydrogen) atoms. The summed E-state index contributed by atoms with van der Waals surface area (Å²) in [5.41, 5.74) is -0.0720. The molecular weight excluding hydrogens is 490 g/mol. The van der Waals surface area contributed by atoms with E-state index in [1.807, 2.05) is 4.90 Å². The molecule has 2 atom stereocenters. The number of methoxy groups -OCH3 is 1. The van der Waals surface area contributed by atoms with Gasteiger partial charge in [0.05, 0.1) is 18.5 Å². The molecule has 196 valence electrons. The molecule has 1 aromatic heterocycles. The molecule has 0 radical (unpaired) electrons. The van der Waals surface area contributed by atoms with Gasteiger partial charge in [0, 0.05) is 55.3 Å². The van der Waals surface area contributed by atoms with Gasteiger partial charge in [-0.2, -0.15) is 0 Å². The van der Waals surface area contributed by atoms with Gasteiger partial charge in [-0.05, 0) is 43.3 Å². The van der Waals surface area contributed by atoms with Gasteiger partial charge in [-0.1, -0.05) is 12.2 Å². The van der Waals surface area contributed by atoms with Crippen LogP contribution in [0.5, 0.6) is 0 Å². The number of carbonyl (C=O) groups is 1. The molecule has 2 heterocycles. The zero-order chi connectivity index (χ0) is 26.5. The highest BCUT2D eigenvalue weighted by Gasteiger charge is 2.34. The Hall–Kier alpha value is -3.50. The van der Waals surface area contributed by atoms with Crippen LogP contribution in [-0.4, -0.2) is 54.8 Å². The summed E-state index contributed by atoms with van der Waals surface area (Å²) >= 11 is 0. The third-order valence-corrected chi connectivity index (χ3v) is 6.62. The van der Waals surface area contributed by atoms with Crippen molar-refractivity contribution in [3.8, 4) is 0 Å². The van der Waals surface area contributed by atoms with Crippen LogP contribution in [0, 0.1) is 29.2 Å². The van der Waals surface area contributed by atoms with Gasteiger partial charge in [0.1, 0.15) is 23.3 Å². The molecule has 0 spiro atoms. The maximum absolute atomic E-state index is 14.2. The fourth-order valence-electron chi connectivity index (χ4n) is 4.70. The predicted molar refractivity (Wildman–Crippen MR) is 132 cm³/mol. The third kappa shape index (κ3) is 6.26. The second kappa shape index (κ2) is 11.7. The summed E-state index contributed by atoms with van der Waals surface area (Å²) in [6.07, 6.45) is 3.72. The Morgan fingerprint density at radius 2 is 1.86 bits per heavy atom. The predicted octanol–water partition coefficient (Wildman–Crippen LogP) is 3.72. The minimum Gasteiger partial charge on any atom is -0.469 e. The number of benzene rings is 2. The summed E-state index contributed by atoms with van der Waals surface area (Å²) in [5, 5.41) is 3.42. The van der Waals surface area contributed by atoms with Crippen molar-refractivity contribution in [2.75, 3.05) is 33.3 Å². The van der Waals surface area contributed by atoms with E-state index >= 15 is 0 Å². The van der Waals surface area contributed by atoms with E-state index in [0.29, 0.717) is 32.6 Å². The van der Waals surface area contributed by atoms with E-state index in [1.54, 1.807) is 6.08 Å². The average molecular weight is 518 g/mol. The Balaban J connectivity index is 1.40. The SMILES string of the molecule is COC(=O)[C@H]1CN(CCn2c(=O)ccc3c(F)cc(F)cc32)CC[C@H]1NC/C=C/c1cc(F)ccc1F. The molecule has 4 rings (SSSR count). The van der Waals surface area contributed by atoms with E-state index in [0.717, 1.165) is 30.3 Å². The average Bonchev–Trinajstić information content (AvgIpc) is 2.87. The Bertz CT molecular complexity index is 1370. The fourth-order valence-corrected chi connectivity index (χ4v) is 4.70. The summed E-state index contributed by atoms with van der Waals surface area (Å²) in [4.78, 5) is 27.0. The summed E-state index contributed by atoms with van der Waals surface area (Å²) in [7, 11) is 1.31. The number of aromatic nitrogens is 1. The molecule has 6 nitrogen and oxygen atoms in total. The Labute approximate surface area is 211 Å². The number of pyridine rings is 1. The van der Waals surface area contributed by atoms with Crippen molar-refractivity contribution >= 4 is 22.9 Å². The lowest BCUT2D eigenvalue weighted by Gasteiger charge is -2.37. The van der Waals surface area contributed by atoms with Gasteiger partial charge in [-0.15, -0.1) is 0 Å². The first-order valence-electron chi connectivity index (χ1n) is 11.9. The molecule has 1 saturated heterocycles. The van der Waals surface area contributed by atoms with Gasteiger partial charge < -0.3 is 19.5 Å². The first-order chi connectivity index (χ1) is 17.8. The summed E-state index contributed by atoms with van der Waals surface area (Å²) in [6, 6.07) is 7.50. The summed E-state index contributed by atoms with van der Waals surface area (Å²) < 4.78 is 61.4. The van der Waals surface area contributed by atoms with Crippen molar-refractivity contribution in [2.24, 2.45) is 5.92 Å². The molecule has 0 aliphatic carbocycles. The molecule has 0 saturated carbocycles. The minimum absolute atomic E-state index is 0.129. The first kappa shape index (κ1) is 26.6. The Kier molecular flexibility index (Phi) is 8.40. The topological polar surface area (TPSA) is 63.6 Å². The van der Waals surface area contributed by atoms with Crippen molar-refractivity contribution in [1.82, 2.24) is 14.8 Å². The van der Waals surface area contributed by atoms with Crippen molar-refractivity contribution in [2.45, 2.75) is 19.0 Å². The molecule has 1 aliphatic heterocycles. The quantitative estimate of drug-likeness (QED) is 0.365. The van der Waals surface area contributed by atoms with E-state index in [9.17, 15) is 27.2 Å². The zero-order valence-corrected chi connectivity index (χ0v) is 20.2. The number of nitrogens with one attached hydrogen (secondary N) is 1. The van der Waals surface area contributed by atoms with Crippen LogP contribution < -0.4 is 10.9 Å². The van der Waals surface area contributed by atoms with Crippen LogP contribution in [0.1, 0.15) is 12.0 Å². The number of hydrogen-bond donors (Lipinski definition) is 1. The van der Waals surface area contributed by atoms with Crippen LogP contribution >= 0.6 is 0 Å². The molecule has 1 N–H and O–H groups in total. The number of piperidine rings is 1. The summed E-state index contributed by atoms with van der Waals surface area (Å²) in [6.45, 7) is 1.87. The molecule has 0 unspecified atom stereocenters. The van der Waals surface area contributed by atoms with E-state index in [1.165, 1.54) is 29.9 Å². The Morgan fingerprint density at radius 1 is 1.05 bits per heavy atom. The normalized spacial score (nSPS) is 18.5. The molecule has 10 heteroatoms. The second-order valence-electron chi connectivity index (χ2n) is 8.95. The van der Waals surface area contributed by atoms with E-state index in [-0.39, 0.29) is 34.6 Å². The molecule has 1 fully saturated rings. The highest BCUT2D eigenvalue weighted by Crippen LogP contribution is 2.21. The highest BCUT2D eigenvalue weighted by atomic mass is 19.1. The monoisotopic (exact) mass is 517 g/mol. The number of hydrogen-bond acceptors (Lipinski definition) is 5. The van der Waals surface area contributed by atoms with E-state index < -0.39 is 35.2 Å². The second-order valence-corrected chi connectivity index (χ2v) is 8.95. The van der Waals surface area contributed by atoms with E-state index in [2.05, 4.69) is 5.32 Å². The van der Waals surface area contributed by atoms with Crippen LogP contribution in [0.2, 0.25) is 0 Å². The number of nitrogens with zero attached hydrogens (tertiary/aromatic N) is 2. The van der Waals surface area contributed by atoms with Crippen LogP contribution in [-0.2, 0) is 16.1 Å². The number of rotatable bonds is 8. The maximum Gasteiger partial charge on any atom is 0.311 e. The number of carbonyl (C=O) groups excluding carboxylic acids is 1. The van der Waals surface area contributed by atoms with Gasteiger partial charge in [-0.3, -0.25) is 9.59 Å². The van der Waals surface area contributed by atoms with Crippen LogP contribution in [0.3, 0.4) is 0 Å². The number of halogens is 4. The van der Waals surface area contributed by atoms with Gasteiger partial charge in [-0.25, -0.2) is 17.6 Å². The van der Waals surface area contributed by atoms with Gasteiger partial charge in [0.15, 0.2) is 0 Å². The highest BCUT2D eigenvalue weighted by molar-refractivity contribution is 5.79. The smallest absolute Gasteiger partial charge is 0.311 e. The minimum atomic E-state index is -0.767. The van der Waals surface area contributed by atoms with Gasteiger partial charge in [0.25, 0.3) is 5.56 Å². The van der Waals surface area contributed by atoms with Crippen LogP contribution in [0.15, 0.2) is 53.3 Å². The van der Waals surface area contributed by atoms with Crippen molar-refractivity contribution in [1.29, 1.82) is 0 Å². The zero-order valence-electron chi connectivity index (χ0n) is 20.2. The van der Waals surface area contributed by atoms with Crippen LogP contribution in [0.4, 0.5) is 17.6 Å². The fraction of sp³-hybridized carbons (Fsp3) is 0.333. The lowest BCUT2D eigenvalue weighted by Crippen LogP contribution is -2.53. The van der Waals surface area contributed by atoms with Crippen LogP contribution in [0.25, 0.3) is 17.0 Å². The lowest BCUT2D eigenvalue weighted by molar-refractivity contribution is -0.148. The van der Waals surface area contributed by atoms with Crippen molar-refractivity contribution in [3.63, 3.8) is 0 Å². The summed E-state index contributed by atoms with van der Waals surface area (Å²) in [5.74, 6) is -3.47. The molecule has 2 aromatic carbocycles. The Morgan fingerprint density at radius 3 is 2.65 bits per heavy atom. The number of likely N-dealkylation sites (tertiary alicyclic amines) is 1. The van der Waals surface area contributed by atoms with Gasteiger partial charge in [0.2, 0.25) is 0 Å². The van der Waals surface area contributed by atoms with Crippen molar-refractivity contribution < 1.29 is 27.1 Å². The van der Waals surface area contributed by atoms with Crippen molar-refractivity contribution in [3.05, 3.63) is 87.7 Å².